The first kappa shape index (κ1) is 22.3. The van der Waals surface area contributed by atoms with Crippen LogP contribution in [0.3, 0.4) is 0 Å². The second-order valence-electron chi connectivity index (χ2n) is 9.98. The summed E-state index contributed by atoms with van der Waals surface area (Å²) in [6.45, 7) is 4.18. The minimum atomic E-state index is -0.373. The van der Waals surface area contributed by atoms with Crippen molar-refractivity contribution < 1.29 is 19.0 Å². The number of allylic oxidation sites excluding steroid dienone is 2. The summed E-state index contributed by atoms with van der Waals surface area (Å²) in [6.07, 6.45) is 2.73. The Labute approximate surface area is 208 Å². The van der Waals surface area contributed by atoms with Crippen molar-refractivity contribution in [3.8, 4) is 28.8 Å². The first-order valence-corrected chi connectivity index (χ1v) is 11.8. The van der Waals surface area contributed by atoms with Crippen LogP contribution in [0.15, 0.2) is 66.2 Å². The van der Waals surface area contributed by atoms with E-state index < -0.39 is 0 Å². The Hall–Kier alpha value is -4.20. The number of fused-ring (bicyclic) bond motifs is 3. The fraction of sp³-hybridized carbons (Fsp3) is 0.286. The Morgan fingerprint density at radius 1 is 0.972 bits per heavy atom. The molecule has 1 atom stereocenters. The number of methoxy groups -OCH3 is 2. The highest BCUT2D eigenvalue weighted by atomic mass is 16.5. The molecular weight excluding hydrogens is 456 g/mol. The summed E-state index contributed by atoms with van der Waals surface area (Å²) in [4.78, 5) is 23.0. The SMILES string of the molecule is COc1ccc(-c2nc3c4c(ncn3n2)OC2=C(C(=O)CC(C)(C)C2)C4c2ccc(OC)cc2)cc1. The molecule has 6 rings (SSSR count). The van der Waals surface area contributed by atoms with Crippen molar-refractivity contribution in [1.82, 2.24) is 19.6 Å². The second-order valence-corrected chi connectivity index (χ2v) is 9.98. The van der Waals surface area contributed by atoms with Crippen molar-refractivity contribution in [2.45, 2.75) is 32.6 Å². The lowest BCUT2D eigenvalue weighted by atomic mass is 9.70. The summed E-state index contributed by atoms with van der Waals surface area (Å²) in [5.41, 5.74) is 3.64. The largest absolute Gasteiger partial charge is 0.497 e. The van der Waals surface area contributed by atoms with Crippen LogP contribution >= 0.6 is 0 Å². The predicted octanol–water partition coefficient (Wildman–Crippen LogP) is 4.98. The molecule has 1 unspecified atom stereocenters. The molecule has 2 aromatic heterocycles. The standard InChI is InChI=1S/C28H26N4O4/c1-28(2)13-20(33)23-21(14-28)36-27-24(22(23)16-5-9-18(34-3)10-6-16)26-30-25(31-32(26)15-29-27)17-7-11-19(35-4)12-8-17/h5-12,15,22H,13-14H2,1-4H3. The van der Waals surface area contributed by atoms with Crippen LogP contribution in [-0.4, -0.2) is 39.6 Å². The van der Waals surface area contributed by atoms with Crippen LogP contribution in [0, 0.1) is 5.41 Å². The highest BCUT2D eigenvalue weighted by Crippen LogP contribution is 2.50. The van der Waals surface area contributed by atoms with Crippen LogP contribution in [0.1, 0.15) is 43.7 Å². The van der Waals surface area contributed by atoms with Crippen molar-refractivity contribution in [2.24, 2.45) is 5.41 Å². The summed E-state index contributed by atoms with van der Waals surface area (Å²) in [5, 5.41) is 4.67. The van der Waals surface area contributed by atoms with Gasteiger partial charge in [0, 0.05) is 29.9 Å². The van der Waals surface area contributed by atoms with Gasteiger partial charge in [-0.3, -0.25) is 4.79 Å². The molecule has 0 radical (unpaired) electrons. The van der Waals surface area contributed by atoms with Gasteiger partial charge in [0.25, 0.3) is 0 Å². The van der Waals surface area contributed by atoms with Gasteiger partial charge in [0.2, 0.25) is 5.88 Å². The predicted molar refractivity (Wildman–Crippen MR) is 133 cm³/mol. The zero-order valence-corrected chi connectivity index (χ0v) is 20.6. The minimum Gasteiger partial charge on any atom is -0.497 e. The number of ether oxygens (including phenoxy) is 3. The van der Waals surface area contributed by atoms with Gasteiger partial charge in [0.1, 0.15) is 23.6 Å². The molecule has 4 aromatic rings. The van der Waals surface area contributed by atoms with Gasteiger partial charge in [-0.1, -0.05) is 26.0 Å². The smallest absolute Gasteiger partial charge is 0.228 e. The zero-order chi connectivity index (χ0) is 25.0. The molecule has 182 valence electrons. The zero-order valence-electron chi connectivity index (χ0n) is 20.6. The Kier molecular flexibility index (Phi) is 5.07. The molecule has 0 spiro atoms. The van der Waals surface area contributed by atoms with Gasteiger partial charge in [-0.15, -0.1) is 5.10 Å². The van der Waals surface area contributed by atoms with E-state index in [0.717, 1.165) is 28.2 Å². The number of carbonyl (C=O) groups is 1. The summed E-state index contributed by atoms with van der Waals surface area (Å²) in [7, 11) is 3.27. The Bertz CT molecular complexity index is 1520. The highest BCUT2D eigenvalue weighted by Gasteiger charge is 2.44. The number of ketones is 1. The second kappa shape index (κ2) is 8.19. The normalized spacial score (nSPS) is 18.4. The van der Waals surface area contributed by atoms with Crippen molar-refractivity contribution >= 4 is 11.4 Å². The molecular formula is C28H26N4O4. The van der Waals surface area contributed by atoms with Crippen molar-refractivity contribution in [3.63, 3.8) is 0 Å². The average molecular weight is 483 g/mol. The van der Waals surface area contributed by atoms with Gasteiger partial charge in [-0.05, 0) is 47.4 Å². The van der Waals surface area contributed by atoms with Crippen LogP contribution in [0.5, 0.6) is 17.4 Å². The van der Waals surface area contributed by atoms with Crippen LogP contribution in [0.2, 0.25) is 0 Å². The summed E-state index contributed by atoms with van der Waals surface area (Å²) in [6, 6.07) is 15.4. The molecule has 8 nitrogen and oxygen atoms in total. The minimum absolute atomic E-state index is 0.0876. The molecule has 0 bridgehead atoms. The maximum Gasteiger partial charge on any atom is 0.228 e. The maximum absolute atomic E-state index is 13.5. The highest BCUT2D eigenvalue weighted by molar-refractivity contribution is 6.00. The quantitative estimate of drug-likeness (QED) is 0.406. The third-order valence-corrected chi connectivity index (χ3v) is 6.86. The lowest BCUT2D eigenvalue weighted by Gasteiger charge is -2.37. The summed E-state index contributed by atoms with van der Waals surface area (Å²) < 4.78 is 18.6. The number of benzene rings is 2. The average Bonchev–Trinajstić information content (AvgIpc) is 3.31. The number of carbonyl (C=O) groups excluding carboxylic acids is 1. The molecule has 0 amide bonds. The topological polar surface area (TPSA) is 87.8 Å². The van der Waals surface area contributed by atoms with Crippen LogP contribution in [-0.2, 0) is 4.79 Å². The Morgan fingerprint density at radius 2 is 1.64 bits per heavy atom. The van der Waals surface area contributed by atoms with E-state index >= 15 is 0 Å². The van der Waals surface area contributed by atoms with Crippen LogP contribution < -0.4 is 14.2 Å². The molecule has 2 aliphatic rings. The Morgan fingerprint density at radius 3 is 2.31 bits per heavy atom. The molecule has 36 heavy (non-hydrogen) atoms. The first-order valence-electron chi connectivity index (χ1n) is 11.8. The fourth-order valence-electron chi connectivity index (χ4n) is 5.14. The molecule has 2 aromatic carbocycles. The van der Waals surface area contributed by atoms with E-state index in [1.807, 2.05) is 48.5 Å². The van der Waals surface area contributed by atoms with Gasteiger partial charge in [0.05, 0.1) is 19.8 Å². The Balaban J connectivity index is 1.56. The van der Waals surface area contributed by atoms with Gasteiger partial charge in [0.15, 0.2) is 17.3 Å². The van der Waals surface area contributed by atoms with Crippen molar-refractivity contribution in [1.29, 1.82) is 0 Å². The van der Waals surface area contributed by atoms with Gasteiger partial charge in [-0.25, -0.2) is 14.5 Å². The van der Waals surface area contributed by atoms with E-state index in [2.05, 4.69) is 23.9 Å². The first-order chi connectivity index (χ1) is 17.4. The molecule has 1 aliphatic carbocycles. The van der Waals surface area contributed by atoms with E-state index in [0.29, 0.717) is 41.5 Å². The van der Waals surface area contributed by atoms with E-state index in [-0.39, 0.29) is 17.1 Å². The summed E-state index contributed by atoms with van der Waals surface area (Å²) in [5.74, 6) is 2.92. The van der Waals surface area contributed by atoms with E-state index in [1.54, 1.807) is 25.1 Å². The van der Waals surface area contributed by atoms with Crippen molar-refractivity contribution in [2.75, 3.05) is 14.2 Å². The fourth-order valence-corrected chi connectivity index (χ4v) is 5.14. The third kappa shape index (κ3) is 3.61. The molecule has 0 saturated heterocycles. The van der Waals surface area contributed by atoms with Crippen LogP contribution in [0.25, 0.3) is 17.0 Å². The molecule has 3 heterocycles. The molecule has 0 fully saturated rings. The van der Waals surface area contributed by atoms with E-state index in [4.69, 9.17) is 19.2 Å². The molecule has 0 N–H and O–H groups in total. The number of hydrogen-bond donors (Lipinski definition) is 0. The number of nitrogens with zero attached hydrogens (tertiary/aromatic N) is 4. The number of aromatic nitrogens is 4. The number of hydrogen-bond acceptors (Lipinski definition) is 7. The molecule has 8 heteroatoms. The monoisotopic (exact) mass is 482 g/mol. The molecule has 0 saturated carbocycles. The molecule has 1 aliphatic heterocycles. The third-order valence-electron chi connectivity index (χ3n) is 6.86. The van der Waals surface area contributed by atoms with Gasteiger partial charge in [-0.2, -0.15) is 0 Å². The lowest BCUT2D eigenvalue weighted by Crippen LogP contribution is -2.33. The van der Waals surface area contributed by atoms with E-state index in [1.165, 1.54) is 0 Å². The number of rotatable bonds is 4. The maximum atomic E-state index is 13.5. The van der Waals surface area contributed by atoms with Gasteiger partial charge >= 0.3 is 0 Å². The lowest BCUT2D eigenvalue weighted by molar-refractivity contribution is -0.118. The van der Waals surface area contributed by atoms with Gasteiger partial charge < -0.3 is 14.2 Å². The number of Topliss-reactive ketones (excluding diaryl/α,β-unsaturated/α-hetero) is 1. The van der Waals surface area contributed by atoms with E-state index in [9.17, 15) is 4.79 Å². The van der Waals surface area contributed by atoms with Crippen molar-refractivity contribution in [3.05, 3.63) is 77.3 Å². The van der Waals surface area contributed by atoms with Crippen LogP contribution in [0.4, 0.5) is 0 Å². The summed E-state index contributed by atoms with van der Waals surface area (Å²) >= 11 is 0.